The number of nitrogens with one attached hydrogen (secondary N) is 2. The van der Waals surface area contributed by atoms with Crippen molar-refractivity contribution in [3.05, 3.63) is 29.3 Å². The van der Waals surface area contributed by atoms with E-state index in [9.17, 15) is 4.79 Å². The predicted molar refractivity (Wildman–Crippen MR) is 104 cm³/mol. The third-order valence-electron chi connectivity index (χ3n) is 4.13. The molecule has 0 fully saturated rings. The number of benzene rings is 1. The second-order valence-corrected chi connectivity index (χ2v) is 7.30. The lowest BCUT2D eigenvalue weighted by molar-refractivity contribution is -0.120. The van der Waals surface area contributed by atoms with Crippen LogP contribution in [0.3, 0.4) is 0 Å². The van der Waals surface area contributed by atoms with Crippen molar-refractivity contribution in [1.82, 2.24) is 10.2 Å². The number of rotatable bonds is 10. The molecule has 1 amide bonds. The monoisotopic (exact) mass is 333 g/mol. The summed E-state index contributed by atoms with van der Waals surface area (Å²) in [7, 11) is 4.09. The molecule has 1 rings (SSSR count). The minimum absolute atomic E-state index is 0.120. The SMILES string of the molecule is CC(C)c1cccc(C(C)C)c1NCCC(=O)NCCCN(C)C. The van der Waals surface area contributed by atoms with Gasteiger partial charge >= 0.3 is 0 Å². The molecule has 0 unspecified atom stereocenters. The molecule has 0 aromatic heterocycles. The lowest BCUT2D eigenvalue weighted by Crippen LogP contribution is -2.28. The Kier molecular flexibility index (Phi) is 8.83. The molecule has 24 heavy (non-hydrogen) atoms. The fraction of sp³-hybridized carbons (Fsp3) is 0.650. The Morgan fingerprint density at radius 1 is 1.04 bits per heavy atom. The fourth-order valence-corrected chi connectivity index (χ4v) is 2.77. The Hall–Kier alpha value is -1.55. The van der Waals surface area contributed by atoms with Gasteiger partial charge in [0.25, 0.3) is 0 Å². The number of carbonyl (C=O) groups excluding carboxylic acids is 1. The van der Waals surface area contributed by atoms with Crippen LogP contribution in [0.15, 0.2) is 18.2 Å². The fourth-order valence-electron chi connectivity index (χ4n) is 2.77. The Bertz CT molecular complexity index is 483. The molecule has 1 aromatic rings. The summed E-state index contributed by atoms with van der Waals surface area (Å²) in [5.41, 5.74) is 3.86. The van der Waals surface area contributed by atoms with E-state index in [1.54, 1.807) is 0 Å². The van der Waals surface area contributed by atoms with Crippen LogP contribution in [0.25, 0.3) is 0 Å². The van der Waals surface area contributed by atoms with E-state index in [2.05, 4.69) is 61.4 Å². The number of hydrogen-bond acceptors (Lipinski definition) is 3. The molecule has 0 saturated carbocycles. The summed E-state index contributed by atoms with van der Waals surface area (Å²) in [6.07, 6.45) is 1.49. The molecule has 4 nitrogen and oxygen atoms in total. The minimum Gasteiger partial charge on any atom is -0.384 e. The molecule has 0 aliphatic carbocycles. The third-order valence-corrected chi connectivity index (χ3v) is 4.13. The summed E-state index contributed by atoms with van der Waals surface area (Å²) in [5, 5.41) is 6.51. The van der Waals surface area contributed by atoms with Crippen molar-refractivity contribution in [2.75, 3.05) is 39.0 Å². The van der Waals surface area contributed by atoms with E-state index in [0.29, 0.717) is 24.8 Å². The van der Waals surface area contributed by atoms with Crippen molar-refractivity contribution in [1.29, 1.82) is 0 Å². The standard InChI is InChI=1S/C20H35N3O/c1-15(2)17-9-7-10-18(16(3)4)20(17)22-13-11-19(24)21-12-8-14-23(5)6/h7,9-10,15-16,22H,8,11-14H2,1-6H3,(H,21,24). The van der Waals surface area contributed by atoms with Crippen LogP contribution < -0.4 is 10.6 Å². The lowest BCUT2D eigenvalue weighted by Gasteiger charge is -2.21. The molecule has 4 heteroatoms. The molecule has 0 aliphatic rings. The van der Waals surface area contributed by atoms with Gasteiger partial charge in [0.05, 0.1) is 0 Å². The third kappa shape index (κ3) is 6.91. The van der Waals surface area contributed by atoms with Crippen LogP contribution in [-0.4, -0.2) is 44.5 Å². The van der Waals surface area contributed by atoms with E-state index < -0.39 is 0 Å². The van der Waals surface area contributed by atoms with Crippen LogP contribution in [0.4, 0.5) is 5.69 Å². The zero-order valence-corrected chi connectivity index (χ0v) is 16.3. The van der Waals surface area contributed by atoms with Gasteiger partial charge in [0.2, 0.25) is 5.91 Å². The second kappa shape index (κ2) is 10.3. The van der Waals surface area contributed by atoms with Crippen molar-refractivity contribution < 1.29 is 4.79 Å². The highest BCUT2D eigenvalue weighted by molar-refractivity contribution is 5.76. The van der Waals surface area contributed by atoms with Crippen molar-refractivity contribution >= 4 is 11.6 Å². The van der Waals surface area contributed by atoms with Gasteiger partial charge in [0.1, 0.15) is 0 Å². The van der Waals surface area contributed by atoms with Crippen LogP contribution in [0.2, 0.25) is 0 Å². The molecule has 0 radical (unpaired) electrons. The average Bonchev–Trinajstić information content (AvgIpc) is 2.51. The van der Waals surface area contributed by atoms with Gasteiger partial charge in [0.15, 0.2) is 0 Å². The predicted octanol–water partition coefficient (Wildman–Crippen LogP) is 3.80. The molecule has 1 aromatic carbocycles. The van der Waals surface area contributed by atoms with E-state index >= 15 is 0 Å². The first kappa shape index (κ1) is 20.5. The van der Waals surface area contributed by atoms with Gasteiger partial charge in [-0.3, -0.25) is 4.79 Å². The minimum atomic E-state index is 0.120. The van der Waals surface area contributed by atoms with Crippen molar-refractivity contribution in [2.45, 2.75) is 52.4 Å². The highest BCUT2D eigenvalue weighted by Gasteiger charge is 2.13. The molecule has 2 N–H and O–H groups in total. The normalized spacial score (nSPS) is 11.4. The molecule has 0 bridgehead atoms. The number of para-hydroxylation sites is 1. The molecule has 0 heterocycles. The van der Waals surface area contributed by atoms with Gasteiger partial charge in [-0.1, -0.05) is 45.9 Å². The molecular formula is C20H35N3O. The summed E-state index contributed by atoms with van der Waals surface area (Å²) < 4.78 is 0. The van der Waals surface area contributed by atoms with Gasteiger partial charge in [-0.25, -0.2) is 0 Å². The smallest absolute Gasteiger partial charge is 0.221 e. The number of anilines is 1. The van der Waals surface area contributed by atoms with Crippen LogP contribution >= 0.6 is 0 Å². The zero-order valence-electron chi connectivity index (χ0n) is 16.3. The van der Waals surface area contributed by atoms with E-state index in [0.717, 1.165) is 19.5 Å². The molecule has 0 atom stereocenters. The van der Waals surface area contributed by atoms with Crippen LogP contribution in [0.5, 0.6) is 0 Å². The van der Waals surface area contributed by atoms with Gasteiger partial charge in [-0.05, 0) is 50.0 Å². The summed E-state index contributed by atoms with van der Waals surface area (Å²) in [5.74, 6) is 1.05. The zero-order chi connectivity index (χ0) is 18.1. The molecule has 136 valence electrons. The maximum Gasteiger partial charge on any atom is 0.221 e. The first-order valence-electron chi connectivity index (χ1n) is 9.11. The summed E-state index contributed by atoms with van der Waals surface area (Å²) >= 11 is 0. The summed E-state index contributed by atoms with van der Waals surface area (Å²) in [6.45, 7) is 11.3. The van der Waals surface area contributed by atoms with Crippen LogP contribution in [0.1, 0.15) is 63.5 Å². The lowest BCUT2D eigenvalue weighted by atomic mass is 9.92. The van der Waals surface area contributed by atoms with Gasteiger partial charge in [-0.15, -0.1) is 0 Å². The number of hydrogen-bond donors (Lipinski definition) is 2. The molecule has 0 spiro atoms. The summed E-state index contributed by atoms with van der Waals surface area (Å²) in [6, 6.07) is 6.49. The first-order chi connectivity index (χ1) is 11.3. The maximum absolute atomic E-state index is 12.0. The first-order valence-corrected chi connectivity index (χ1v) is 9.11. The van der Waals surface area contributed by atoms with E-state index in [-0.39, 0.29) is 5.91 Å². The van der Waals surface area contributed by atoms with E-state index in [1.165, 1.54) is 16.8 Å². The van der Waals surface area contributed by atoms with E-state index in [4.69, 9.17) is 0 Å². The largest absolute Gasteiger partial charge is 0.384 e. The highest BCUT2D eigenvalue weighted by Crippen LogP contribution is 2.32. The Morgan fingerprint density at radius 2 is 1.62 bits per heavy atom. The summed E-state index contributed by atoms with van der Waals surface area (Å²) in [4.78, 5) is 14.1. The molecule has 0 aliphatic heterocycles. The second-order valence-electron chi connectivity index (χ2n) is 7.30. The van der Waals surface area contributed by atoms with Crippen LogP contribution in [0, 0.1) is 0 Å². The Balaban J connectivity index is 2.53. The number of carbonyl (C=O) groups is 1. The van der Waals surface area contributed by atoms with Gasteiger partial charge in [0, 0.05) is 25.2 Å². The molecule has 0 saturated heterocycles. The quantitative estimate of drug-likeness (QED) is 0.640. The number of nitrogens with zero attached hydrogens (tertiary/aromatic N) is 1. The maximum atomic E-state index is 12.0. The van der Waals surface area contributed by atoms with Gasteiger partial charge < -0.3 is 15.5 Å². The van der Waals surface area contributed by atoms with E-state index in [1.807, 2.05) is 14.1 Å². The molecular weight excluding hydrogens is 298 g/mol. The van der Waals surface area contributed by atoms with Crippen molar-refractivity contribution in [3.63, 3.8) is 0 Å². The Morgan fingerprint density at radius 3 is 2.12 bits per heavy atom. The van der Waals surface area contributed by atoms with Crippen molar-refractivity contribution in [3.8, 4) is 0 Å². The van der Waals surface area contributed by atoms with Gasteiger partial charge in [-0.2, -0.15) is 0 Å². The van der Waals surface area contributed by atoms with Crippen LogP contribution in [-0.2, 0) is 4.79 Å². The highest BCUT2D eigenvalue weighted by atomic mass is 16.1. The number of amides is 1. The Labute approximate surface area is 148 Å². The van der Waals surface area contributed by atoms with Crippen molar-refractivity contribution in [2.24, 2.45) is 0 Å². The average molecular weight is 334 g/mol. The topological polar surface area (TPSA) is 44.4 Å².